The fourth-order valence-electron chi connectivity index (χ4n) is 3.21. The molecule has 1 aliphatic rings. The lowest BCUT2D eigenvalue weighted by atomic mass is 10.1. The molecular weight excluding hydrogens is 320 g/mol. The molecule has 1 aliphatic heterocycles. The highest BCUT2D eigenvalue weighted by Crippen LogP contribution is 2.38. The van der Waals surface area contributed by atoms with Crippen LogP contribution in [0.5, 0.6) is 0 Å². The van der Waals surface area contributed by atoms with Gasteiger partial charge in [-0.05, 0) is 12.5 Å². The Balaban J connectivity index is 1.86. The molecule has 0 bridgehead atoms. The van der Waals surface area contributed by atoms with Crippen molar-refractivity contribution in [1.29, 1.82) is 0 Å². The Labute approximate surface area is 144 Å². The van der Waals surface area contributed by atoms with Crippen molar-refractivity contribution in [1.82, 2.24) is 15.3 Å². The third kappa shape index (κ3) is 2.63. The number of anilines is 1. The lowest BCUT2D eigenvalue weighted by Crippen LogP contribution is -2.35. The molecule has 2 aromatic heterocycles. The van der Waals surface area contributed by atoms with E-state index < -0.39 is 0 Å². The zero-order valence-corrected chi connectivity index (χ0v) is 14.2. The van der Waals surface area contributed by atoms with Crippen LogP contribution in [0.1, 0.15) is 13.3 Å². The predicted molar refractivity (Wildman–Crippen MR) is 97.3 cm³/mol. The molecule has 0 aliphatic carbocycles. The standard InChI is InChI=1S/C18H18N4OS/c1-12-9-15(23)19-7-8-22(12)17-16-14(13-5-3-2-4-6-13)10-24-18(16)21-11-20-17/h2-6,10-12H,7-9H2,1H3,(H,19,23)/t12-/m0/s1. The van der Waals surface area contributed by atoms with Crippen molar-refractivity contribution in [2.45, 2.75) is 19.4 Å². The summed E-state index contributed by atoms with van der Waals surface area (Å²) >= 11 is 1.63. The third-order valence-corrected chi connectivity index (χ3v) is 5.28. The number of carbonyl (C=O) groups is 1. The molecule has 4 rings (SSSR count). The van der Waals surface area contributed by atoms with Gasteiger partial charge < -0.3 is 10.2 Å². The highest BCUT2D eigenvalue weighted by Gasteiger charge is 2.25. The summed E-state index contributed by atoms with van der Waals surface area (Å²) < 4.78 is 0. The first-order valence-corrected chi connectivity index (χ1v) is 8.93. The number of carbonyl (C=O) groups excluding carboxylic acids is 1. The van der Waals surface area contributed by atoms with Crippen LogP contribution in [0.4, 0.5) is 5.82 Å². The molecule has 24 heavy (non-hydrogen) atoms. The molecule has 1 amide bonds. The Morgan fingerprint density at radius 3 is 2.92 bits per heavy atom. The molecule has 1 saturated heterocycles. The third-order valence-electron chi connectivity index (χ3n) is 4.39. The molecule has 0 radical (unpaired) electrons. The fraction of sp³-hybridized carbons (Fsp3) is 0.278. The lowest BCUT2D eigenvalue weighted by molar-refractivity contribution is -0.120. The van der Waals surface area contributed by atoms with Crippen LogP contribution < -0.4 is 10.2 Å². The number of aromatic nitrogens is 2. The molecule has 1 N–H and O–H groups in total. The van der Waals surface area contributed by atoms with Gasteiger partial charge in [-0.25, -0.2) is 9.97 Å². The maximum atomic E-state index is 11.8. The van der Waals surface area contributed by atoms with E-state index in [-0.39, 0.29) is 11.9 Å². The van der Waals surface area contributed by atoms with E-state index in [0.717, 1.165) is 33.7 Å². The number of fused-ring (bicyclic) bond motifs is 1. The van der Waals surface area contributed by atoms with Gasteiger partial charge in [0.25, 0.3) is 0 Å². The largest absolute Gasteiger partial charge is 0.354 e. The Bertz CT molecular complexity index is 877. The van der Waals surface area contributed by atoms with Crippen LogP contribution in [0.3, 0.4) is 0 Å². The molecule has 122 valence electrons. The van der Waals surface area contributed by atoms with Crippen molar-refractivity contribution in [3.63, 3.8) is 0 Å². The SMILES string of the molecule is C[C@H]1CC(=O)NCCN1c1ncnc2scc(-c3ccccc3)c12. The quantitative estimate of drug-likeness (QED) is 0.780. The Hall–Kier alpha value is -2.47. The molecule has 0 spiro atoms. The molecule has 0 unspecified atom stereocenters. The van der Waals surface area contributed by atoms with Gasteiger partial charge in [0.05, 0.1) is 5.39 Å². The number of amides is 1. The Morgan fingerprint density at radius 1 is 1.25 bits per heavy atom. The second kappa shape index (κ2) is 6.20. The molecule has 6 heteroatoms. The van der Waals surface area contributed by atoms with Crippen molar-refractivity contribution < 1.29 is 4.79 Å². The average Bonchev–Trinajstić information content (AvgIpc) is 2.96. The van der Waals surface area contributed by atoms with Crippen LogP contribution in [0.25, 0.3) is 21.3 Å². The Kier molecular flexibility index (Phi) is 3.90. The monoisotopic (exact) mass is 338 g/mol. The van der Waals surface area contributed by atoms with Gasteiger partial charge in [-0.2, -0.15) is 0 Å². The molecule has 0 saturated carbocycles. The van der Waals surface area contributed by atoms with Gasteiger partial charge in [0.2, 0.25) is 5.91 Å². The van der Waals surface area contributed by atoms with E-state index in [9.17, 15) is 4.79 Å². The number of hydrogen-bond acceptors (Lipinski definition) is 5. The summed E-state index contributed by atoms with van der Waals surface area (Å²) in [4.78, 5) is 24.0. The van der Waals surface area contributed by atoms with Crippen LogP contribution >= 0.6 is 11.3 Å². The smallest absolute Gasteiger partial charge is 0.222 e. The van der Waals surface area contributed by atoms with E-state index >= 15 is 0 Å². The summed E-state index contributed by atoms with van der Waals surface area (Å²) in [5, 5.41) is 6.16. The first-order chi connectivity index (χ1) is 11.7. The van der Waals surface area contributed by atoms with E-state index in [4.69, 9.17) is 0 Å². The fourth-order valence-corrected chi connectivity index (χ4v) is 4.12. The molecule has 1 aromatic carbocycles. The second-order valence-electron chi connectivity index (χ2n) is 5.99. The van der Waals surface area contributed by atoms with Gasteiger partial charge in [0, 0.05) is 36.5 Å². The van der Waals surface area contributed by atoms with Crippen LogP contribution in [0.2, 0.25) is 0 Å². The van der Waals surface area contributed by atoms with Gasteiger partial charge in [0.15, 0.2) is 0 Å². The maximum Gasteiger partial charge on any atom is 0.222 e. The summed E-state index contributed by atoms with van der Waals surface area (Å²) in [5.41, 5.74) is 2.32. The first kappa shape index (κ1) is 15.1. The molecular formula is C18H18N4OS. The molecule has 3 aromatic rings. The second-order valence-corrected chi connectivity index (χ2v) is 6.85. The molecule has 5 nitrogen and oxygen atoms in total. The summed E-state index contributed by atoms with van der Waals surface area (Å²) in [6.45, 7) is 3.47. The minimum atomic E-state index is 0.101. The van der Waals surface area contributed by atoms with Crippen molar-refractivity contribution in [3.8, 4) is 11.1 Å². The van der Waals surface area contributed by atoms with Crippen molar-refractivity contribution in [2.75, 3.05) is 18.0 Å². The van der Waals surface area contributed by atoms with Crippen molar-refractivity contribution in [3.05, 3.63) is 42.0 Å². The summed E-state index contributed by atoms with van der Waals surface area (Å²) in [6.07, 6.45) is 2.10. The van der Waals surface area contributed by atoms with Crippen LogP contribution in [0, 0.1) is 0 Å². The Morgan fingerprint density at radius 2 is 2.08 bits per heavy atom. The molecule has 3 heterocycles. The highest BCUT2D eigenvalue weighted by atomic mass is 32.1. The van der Waals surface area contributed by atoms with Crippen LogP contribution in [0.15, 0.2) is 42.0 Å². The van der Waals surface area contributed by atoms with E-state index in [1.807, 2.05) is 18.2 Å². The first-order valence-electron chi connectivity index (χ1n) is 8.05. The number of nitrogens with zero attached hydrogens (tertiary/aromatic N) is 3. The number of nitrogens with one attached hydrogen (secondary N) is 1. The molecule has 1 fully saturated rings. The number of hydrogen-bond donors (Lipinski definition) is 1. The van der Waals surface area contributed by atoms with Crippen LogP contribution in [-0.2, 0) is 4.79 Å². The van der Waals surface area contributed by atoms with Crippen LogP contribution in [-0.4, -0.2) is 35.0 Å². The van der Waals surface area contributed by atoms with E-state index in [1.165, 1.54) is 0 Å². The summed E-state index contributed by atoms with van der Waals surface area (Å²) in [6, 6.07) is 10.4. The van der Waals surface area contributed by atoms with Gasteiger partial charge in [0.1, 0.15) is 17.0 Å². The highest BCUT2D eigenvalue weighted by molar-refractivity contribution is 7.17. The maximum absolute atomic E-state index is 11.8. The zero-order chi connectivity index (χ0) is 16.5. The van der Waals surface area contributed by atoms with E-state index in [2.05, 4.69) is 44.6 Å². The number of thiophene rings is 1. The normalized spacial score (nSPS) is 18.5. The minimum absolute atomic E-state index is 0.101. The lowest BCUT2D eigenvalue weighted by Gasteiger charge is -2.28. The minimum Gasteiger partial charge on any atom is -0.354 e. The summed E-state index contributed by atoms with van der Waals surface area (Å²) in [7, 11) is 0. The molecule has 1 atom stereocenters. The number of benzene rings is 1. The average molecular weight is 338 g/mol. The van der Waals surface area contributed by atoms with Gasteiger partial charge in [-0.3, -0.25) is 4.79 Å². The zero-order valence-electron chi connectivity index (χ0n) is 13.4. The summed E-state index contributed by atoms with van der Waals surface area (Å²) in [5.74, 6) is 1.02. The van der Waals surface area contributed by atoms with Gasteiger partial charge in [-0.15, -0.1) is 11.3 Å². The predicted octanol–water partition coefficient (Wildman–Crippen LogP) is 3.07. The van der Waals surface area contributed by atoms with Crippen molar-refractivity contribution >= 4 is 33.3 Å². The van der Waals surface area contributed by atoms with Gasteiger partial charge >= 0.3 is 0 Å². The van der Waals surface area contributed by atoms with Crippen molar-refractivity contribution in [2.24, 2.45) is 0 Å². The van der Waals surface area contributed by atoms with E-state index in [1.54, 1.807) is 17.7 Å². The van der Waals surface area contributed by atoms with Gasteiger partial charge in [-0.1, -0.05) is 30.3 Å². The van der Waals surface area contributed by atoms with E-state index in [0.29, 0.717) is 13.0 Å². The topological polar surface area (TPSA) is 58.1 Å². The number of rotatable bonds is 2.